The number of carbonyl (C=O) groups excluding carboxylic acids is 3. The van der Waals surface area contributed by atoms with Crippen LogP contribution in [0.3, 0.4) is 0 Å². The number of barbiturate groups is 1. The minimum atomic E-state index is -0.791. The molecule has 4 amide bonds. The standard InChI is InChI=1S/C25H22ClN3O3/c1-14-6-5-7-15(2)22(14)28-16(3)12-18(17(28)4)13-21-23(30)27-25(32)29(24(21)31)20-10-8-19(26)9-11-20/h5-13H,1-4H3,(H,27,30,32)/b21-13-. The molecule has 0 bridgehead atoms. The number of halogens is 1. The van der Waals surface area contributed by atoms with Crippen molar-refractivity contribution in [3.05, 3.63) is 87.2 Å². The second-order valence-electron chi connectivity index (χ2n) is 7.84. The molecule has 162 valence electrons. The first kappa shape index (κ1) is 21.6. The van der Waals surface area contributed by atoms with Gasteiger partial charge in [0, 0.05) is 16.4 Å². The number of nitrogens with zero attached hydrogens (tertiary/aromatic N) is 2. The lowest BCUT2D eigenvalue weighted by Crippen LogP contribution is -2.54. The van der Waals surface area contributed by atoms with E-state index in [9.17, 15) is 14.4 Å². The molecule has 1 aliphatic rings. The fourth-order valence-electron chi connectivity index (χ4n) is 4.07. The first-order chi connectivity index (χ1) is 15.2. The molecule has 6 nitrogen and oxygen atoms in total. The zero-order chi connectivity index (χ0) is 23.2. The van der Waals surface area contributed by atoms with Crippen LogP contribution in [0.1, 0.15) is 28.1 Å². The summed E-state index contributed by atoms with van der Waals surface area (Å²) in [5.41, 5.74) is 6.13. The van der Waals surface area contributed by atoms with Crippen molar-refractivity contribution in [2.24, 2.45) is 0 Å². The molecule has 0 atom stereocenters. The van der Waals surface area contributed by atoms with Gasteiger partial charge < -0.3 is 4.57 Å². The van der Waals surface area contributed by atoms with Crippen LogP contribution >= 0.6 is 11.6 Å². The molecule has 32 heavy (non-hydrogen) atoms. The summed E-state index contributed by atoms with van der Waals surface area (Å²) in [7, 11) is 0. The van der Waals surface area contributed by atoms with Gasteiger partial charge in [0.05, 0.1) is 11.4 Å². The maximum atomic E-state index is 13.2. The number of para-hydroxylation sites is 1. The van der Waals surface area contributed by atoms with Crippen molar-refractivity contribution in [3.8, 4) is 5.69 Å². The van der Waals surface area contributed by atoms with Crippen LogP contribution in [-0.4, -0.2) is 22.4 Å². The van der Waals surface area contributed by atoms with E-state index in [2.05, 4.69) is 9.88 Å². The van der Waals surface area contributed by atoms with Gasteiger partial charge in [-0.2, -0.15) is 0 Å². The smallest absolute Gasteiger partial charge is 0.317 e. The molecule has 1 aliphatic heterocycles. The van der Waals surface area contributed by atoms with Crippen molar-refractivity contribution < 1.29 is 14.4 Å². The normalized spacial score (nSPS) is 15.5. The summed E-state index contributed by atoms with van der Waals surface area (Å²) in [6.45, 7) is 8.02. The molecule has 0 radical (unpaired) electrons. The molecule has 1 aromatic heterocycles. The van der Waals surface area contributed by atoms with Crippen LogP contribution in [0.15, 0.2) is 54.1 Å². The Morgan fingerprint density at radius 2 is 1.53 bits per heavy atom. The minimum Gasteiger partial charge on any atom is -0.317 e. The van der Waals surface area contributed by atoms with Crippen molar-refractivity contribution in [2.45, 2.75) is 27.7 Å². The molecule has 4 rings (SSSR count). The lowest BCUT2D eigenvalue weighted by molar-refractivity contribution is -0.122. The molecule has 1 N–H and O–H groups in total. The van der Waals surface area contributed by atoms with Crippen LogP contribution in [0.2, 0.25) is 5.02 Å². The molecule has 0 aliphatic carbocycles. The van der Waals surface area contributed by atoms with Gasteiger partial charge in [0.1, 0.15) is 5.57 Å². The van der Waals surface area contributed by atoms with Crippen molar-refractivity contribution in [2.75, 3.05) is 4.90 Å². The maximum Gasteiger partial charge on any atom is 0.335 e. The molecular weight excluding hydrogens is 426 g/mol. The number of hydrogen-bond acceptors (Lipinski definition) is 3. The predicted molar refractivity (Wildman–Crippen MR) is 125 cm³/mol. The van der Waals surface area contributed by atoms with Crippen molar-refractivity contribution >= 4 is 41.2 Å². The third-order valence-corrected chi connectivity index (χ3v) is 5.87. The molecular formula is C25H22ClN3O3. The summed E-state index contributed by atoms with van der Waals surface area (Å²) in [6, 6.07) is 13.5. The van der Waals surface area contributed by atoms with E-state index in [1.54, 1.807) is 30.3 Å². The quantitative estimate of drug-likeness (QED) is 0.452. The van der Waals surface area contributed by atoms with E-state index in [4.69, 9.17) is 11.6 Å². The fraction of sp³-hybridized carbons (Fsp3) is 0.160. The van der Waals surface area contributed by atoms with Gasteiger partial charge >= 0.3 is 6.03 Å². The molecule has 1 saturated heterocycles. The molecule has 2 aromatic carbocycles. The molecule has 7 heteroatoms. The minimum absolute atomic E-state index is 0.110. The van der Waals surface area contributed by atoms with Crippen LogP contribution in [0, 0.1) is 27.7 Å². The highest BCUT2D eigenvalue weighted by Crippen LogP contribution is 2.29. The molecule has 0 saturated carbocycles. The Morgan fingerprint density at radius 1 is 0.906 bits per heavy atom. The van der Waals surface area contributed by atoms with Gasteiger partial charge in [0.25, 0.3) is 11.8 Å². The largest absolute Gasteiger partial charge is 0.335 e. The van der Waals surface area contributed by atoms with E-state index in [1.807, 2.05) is 52.0 Å². The Hall–Kier alpha value is -3.64. The van der Waals surface area contributed by atoms with Crippen LogP contribution in [0.5, 0.6) is 0 Å². The summed E-state index contributed by atoms with van der Waals surface area (Å²) in [6.07, 6.45) is 1.54. The highest BCUT2D eigenvalue weighted by atomic mass is 35.5. The number of anilines is 1. The van der Waals surface area contributed by atoms with E-state index in [1.165, 1.54) is 0 Å². The van der Waals surface area contributed by atoms with Crippen molar-refractivity contribution in [1.82, 2.24) is 9.88 Å². The number of imide groups is 2. The van der Waals surface area contributed by atoms with Crippen molar-refractivity contribution in [1.29, 1.82) is 0 Å². The lowest BCUT2D eigenvalue weighted by atomic mass is 10.1. The number of carbonyl (C=O) groups is 3. The monoisotopic (exact) mass is 447 g/mol. The van der Waals surface area contributed by atoms with Gasteiger partial charge in [0.2, 0.25) is 0 Å². The van der Waals surface area contributed by atoms with Gasteiger partial charge in [-0.15, -0.1) is 0 Å². The Kier molecular flexibility index (Phi) is 5.48. The number of amides is 4. The van der Waals surface area contributed by atoms with E-state index in [0.717, 1.165) is 38.7 Å². The Bertz CT molecular complexity index is 1280. The van der Waals surface area contributed by atoms with Gasteiger partial charge in [-0.25, -0.2) is 9.69 Å². The number of hydrogen-bond donors (Lipinski definition) is 1. The highest BCUT2D eigenvalue weighted by molar-refractivity contribution is 6.39. The second kappa shape index (κ2) is 8.13. The molecule has 3 aromatic rings. The summed E-state index contributed by atoms with van der Waals surface area (Å²) < 4.78 is 2.12. The first-order valence-electron chi connectivity index (χ1n) is 10.1. The third kappa shape index (κ3) is 3.63. The van der Waals surface area contributed by atoms with Crippen molar-refractivity contribution in [3.63, 3.8) is 0 Å². The van der Waals surface area contributed by atoms with E-state index < -0.39 is 17.8 Å². The van der Waals surface area contributed by atoms with Crippen LogP contribution < -0.4 is 10.2 Å². The number of aromatic nitrogens is 1. The lowest BCUT2D eigenvalue weighted by Gasteiger charge is -2.26. The van der Waals surface area contributed by atoms with E-state index in [0.29, 0.717) is 10.7 Å². The molecule has 0 spiro atoms. The number of benzene rings is 2. The number of nitrogens with one attached hydrogen (secondary N) is 1. The zero-order valence-corrected chi connectivity index (χ0v) is 18.9. The summed E-state index contributed by atoms with van der Waals surface area (Å²) in [5.74, 6) is -1.40. The van der Waals surface area contributed by atoms with Gasteiger partial charge in [-0.1, -0.05) is 29.8 Å². The zero-order valence-electron chi connectivity index (χ0n) is 18.2. The van der Waals surface area contributed by atoms with Crippen LogP contribution in [0.25, 0.3) is 11.8 Å². The Morgan fingerprint density at radius 3 is 2.16 bits per heavy atom. The Balaban J connectivity index is 1.79. The predicted octanol–water partition coefficient (Wildman–Crippen LogP) is 5.03. The summed E-state index contributed by atoms with van der Waals surface area (Å²) in [4.78, 5) is 39.0. The molecule has 2 heterocycles. The van der Waals surface area contributed by atoms with E-state index >= 15 is 0 Å². The fourth-order valence-corrected chi connectivity index (χ4v) is 4.20. The van der Waals surface area contributed by atoms with E-state index in [-0.39, 0.29) is 5.57 Å². The average molecular weight is 448 g/mol. The molecule has 0 unspecified atom stereocenters. The number of urea groups is 1. The van der Waals surface area contributed by atoms with Crippen LogP contribution in [0.4, 0.5) is 10.5 Å². The second-order valence-corrected chi connectivity index (χ2v) is 8.27. The summed E-state index contributed by atoms with van der Waals surface area (Å²) in [5, 5.41) is 2.73. The SMILES string of the molecule is Cc1cccc(C)c1-n1c(C)cc(/C=C2/C(=O)NC(=O)N(c3ccc(Cl)cc3)C2=O)c1C. The first-order valence-corrected chi connectivity index (χ1v) is 10.5. The topological polar surface area (TPSA) is 71.4 Å². The number of aryl methyl sites for hydroxylation is 3. The Labute approximate surface area is 191 Å². The maximum absolute atomic E-state index is 13.2. The van der Waals surface area contributed by atoms with Gasteiger partial charge in [-0.05, 0) is 80.8 Å². The highest BCUT2D eigenvalue weighted by Gasteiger charge is 2.37. The number of rotatable bonds is 3. The third-order valence-electron chi connectivity index (χ3n) is 5.62. The van der Waals surface area contributed by atoms with Gasteiger partial charge in [-0.3, -0.25) is 14.9 Å². The van der Waals surface area contributed by atoms with Gasteiger partial charge in [0.15, 0.2) is 0 Å². The van der Waals surface area contributed by atoms with Crippen LogP contribution in [-0.2, 0) is 9.59 Å². The average Bonchev–Trinajstić information content (AvgIpc) is 3.00. The molecule has 1 fully saturated rings. The summed E-state index contributed by atoms with van der Waals surface area (Å²) >= 11 is 5.92.